The third-order valence-electron chi connectivity index (χ3n) is 1.32. The van der Waals surface area contributed by atoms with Crippen LogP contribution < -0.4 is 5.69 Å². The second-order valence-corrected chi connectivity index (χ2v) is 2.00. The van der Waals surface area contributed by atoms with Crippen molar-refractivity contribution in [1.82, 2.24) is 15.0 Å². The van der Waals surface area contributed by atoms with Gasteiger partial charge in [-0.25, -0.2) is 4.79 Å². The van der Waals surface area contributed by atoms with Gasteiger partial charge in [-0.2, -0.15) is 0 Å². The van der Waals surface area contributed by atoms with E-state index in [1.54, 1.807) is 18.5 Å². The topological polar surface area (TPSA) is 61.5 Å². The summed E-state index contributed by atoms with van der Waals surface area (Å²) in [4.78, 5) is 19.7. The van der Waals surface area contributed by atoms with Crippen LogP contribution in [-0.4, -0.2) is 15.0 Å². The molecule has 0 saturated heterocycles. The highest BCUT2D eigenvalue weighted by Crippen LogP contribution is 2.00. The van der Waals surface area contributed by atoms with Crippen molar-refractivity contribution in [3.05, 3.63) is 28.9 Å². The highest BCUT2D eigenvalue weighted by Gasteiger charge is 1.93. The van der Waals surface area contributed by atoms with Crippen molar-refractivity contribution in [2.24, 2.45) is 0 Å². The predicted molar refractivity (Wildman–Crippen MR) is 40.9 cm³/mol. The number of aromatic nitrogens is 3. The van der Waals surface area contributed by atoms with E-state index in [9.17, 15) is 4.79 Å². The fraction of sp³-hybridized carbons (Fsp3) is 0. The van der Waals surface area contributed by atoms with Gasteiger partial charge in [0.25, 0.3) is 0 Å². The van der Waals surface area contributed by atoms with Crippen LogP contribution in [0.3, 0.4) is 0 Å². The lowest BCUT2D eigenvalue weighted by Gasteiger charge is -1.81. The molecule has 0 atom stereocenters. The Balaban J connectivity index is 0.000000605. The molecule has 0 amide bonds. The molecule has 0 bridgehead atoms. The van der Waals surface area contributed by atoms with Gasteiger partial charge >= 0.3 is 5.69 Å². The fourth-order valence-electron chi connectivity index (χ4n) is 0.879. The monoisotopic (exact) mass is 139 g/mol. The van der Waals surface area contributed by atoms with Gasteiger partial charge in [0.15, 0.2) is 0 Å². The second kappa shape index (κ2) is 1.70. The van der Waals surface area contributed by atoms with E-state index < -0.39 is 0 Å². The molecule has 2 aromatic rings. The molecule has 2 N–H and O–H groups in total. The van der Waals surface area contributed by atoms with Crippen LogP contribution in [0.15, 0.2) is 23.3 Å². The number of H-pyrrole nitrogens is 2. The van der Waals surface area contributed by atoms with Crippen molar-refractivity contribution < 1.29 is 2.85 Å². The highest BCUT2D eigenvalue weighted by atomic mass is 16.1. The molecule has 0 aliphatic rings. The van der Waals surface area contributed by atoms with E-state index in [4.69, 9.17) is 0 Å². The van der Waals surface area contributed by atoms with E-state index in [0.29, 0.717) is 0 Å². The number of hydrogen-bond donors (Lipinski definition) is 2. The largest absolute Gasteiger partial charge is 0.323 e. The molecule has 0 aromatic carbocycles. The molecule has 54 valence electrons. The van der Waals surface area contributed by atoms with Crippen molar-refractivity contribution in [3.63, 3.8) is 0 Å². The fourth-order valence-corrected chi connectivity index (χ4v) is 0.879. The Morgan fingerprint density at radius 2 is 2.20 bits per heavy atom. The summed E-state index contributed by atoms with van der Waals surface area (Å²) in [5.41, 5.74) is 1.34. The second-order valence-electron chi connectivity index (χ2n) is 2.00. The molecule has 2 rings (SSSR count). The van der Waals surface area contributed by atoms with Crippen molar-refractivity contribution in [2.45, 2.75) is 0 Å². The molecule has 4 heteroatoms. The molecule has 4 nitrogen and oxygen atoms in total. The average Bonchev–Trinajstić information content (AvgIpc) is 2.27. The van der Waals surface area contributed by atoms with Gasteiger partial charge in [-0.3, -0.25) is 4.98 Å². The highest BCUT2D eigenvalue weighted by molar-refractivity contribution is 5.72. The quantitative estimate of drug-likeness (QED) is 0.565. The van der Waals surface area contributed by atoms with Gasteiger partial charge in [0.2, 0.25) is 0 Å². The minimum Gasteiger partial charge on any atom is -0.306 e. The van der Waals surface area contributed by atoms with Crippen LogP contribution in [0.2, 0.25) is 0 Å². The summed E-state index contributed by atoms with van der Waals surface area (Å²) in [5, 5.41) is 0. The maximum Gasteiger partial charge on any atom is 0.323 e. The number of nitrogens with zero attached hydrogens (tertiary/aromatic N) is 1. The van der Waals surface area contributed by atoms with Gasteiger partial charge in [-0.1, -0.05) is 0 Å². The standard InChI is InChI=1S/C6H5N3O.2H2/c10-6-8-4-1-2-7-3-5(4)9-6;;/h1-3H,(H2,8,9,10);2*1H. The van der Waals surface area contributed by atoms with Crippen molar-refractivity contribution in [2.75, 3.05) is 0 Å². The molecular weight excluding hydrogens is 130 g/mol. The molecule has 10 heavy (non-hydrogen) atoms. The normalized spacial score (nSPS) is 10.4. The van der Waals surface area contributed by atoms with E-state index in [-0.39, 0.29) is 8.54 Å². The van der Waals surface area contributed by atoms with Crippen LogP contribution in [0.4, 0.5) is 0 Å². The summed E-state index contributed by atoms with van der Waals surface area (Å²) in [6.45, 7) is 0. The van der Waals surface area contributed by atoms with E-state index in [1.807, 2.05) is 0 Å². The number of fused-ring (bicyclic) bond motifs is 1. The number of hydrogen-bond acceptors (Lipinski definition) is 2. The Hall–Kier alpha value is -1.58. The first-order valence-electron chi connectivity index (χ1n) is 2.88. The first-order chi connectivity index (χ1) is 4.86. The lowest BCUT2D eigenvalue weighted by molar-refractivity contribution is 1.21. The van der Waals surface area contributed by atoms with Gasteiger partial charge in [0, 0.05) is 9.05 Å². The maximum atomic E-state index is 10.6. The summed E-state index contributed by atoms with van der Waals surface area (Å²) < 4.78 is 0. The first-order valence-corrected chi connectivity index (χ1v) is 2.88. The van der Waals surface area contributed by atoms with Gasteiger partial charge < -0.3 is 9.97 Å². The number of imidazole rings is 1. The van der Waals surface area contributed by atoms with E-state index in [2.05, 4.69) is 15.0 Å². The number of aromatic amines is 2. The van der Waals surface area contributed by atoms with Crippen LogP contribution in [0.1, 0.15) is 2.85 Å². The summed E-state index contributed by atoms with van der Waals surface area (Å²) in [7, 11) is 0. The van der Waals surface area contributed by atoms with Crippen LogP contribution in [-0.2, 0) is 0 Å². The van der Waals surface area contributed by atoms with Crippen LogP contribution >= 0.6 is 0 Å². The lowest BCUT2D eigenvalue weighted by atomic mass is 10.4. The molecule has 2 aromatic heterocycles. The smallest absolute Gasteiger partial charge is 0.306 e. The minimum absolute atomic E-state index is 0. The Bertz CT molecular complexity index is 372. The van der Waals surface area contributed by atoms with Crippen LogP contribution in [0.25, 0.3) is 11.0 Å². The van der Waals surface area contributed by atoms with Gasteiger partial charge in [-0.15, -0.1) is 0 Å². The Morgan fingerprint density at radius 3 is 3.00 bits per heavy atom. The molecule has 2 heterocycles. The van der Waals surface area contributed by atoms with Gasteiger partial charge in [0.05, 0.1) is 17.2 Å². The molecule has 0 aliphatic carbocycles. The lowest BCUT2D eigenvalue weighted by Crippen LogP contribution is -1.99. The van der Waals surface area contributed by atoms with E-state index in [0.717, 1.165) is 11.0 Å². The number of pyridine rings is 1. The van der Waals surface area contributed by atoms with Gasteiger partial charge in [-0.05, 0) is 6.07 Å². The average molecular weight is 139 g/mol. The maximum absolute atomic E-state index is 10.6. The van der Waals surface area contributed by atoms with Crippen molar-refractivity contribution >= 4 is 11.0 Å². The molecule has 0 fully saturated rings. The van der Waals surface area contributed by atoms with Crippen molar-refractivity contribution in [3.8, 4) is 0 Å². The van der Waals surface area contributed by atoms with Gasteiger partial charge in [0.1, 0.15) is 0 Å². The zero-order valence-electron chi connectivity index (χ0n) is 5.09. The van der Waals surface area contributed by atoms with E-state index in [1.165, 1.54) is 0 Å². The molecule has 0 radical (unpaired) electrons. The molecule has 0 saturated carbocycles. The van der Waals surface area contributed by atoms with Crippen LogP contribution in [0, 0.1) is 0 Å². The summed E-state index contributed by atoms with van der Waals surface area (Å²) >= 11 is 0. The molecule has 0 spiro atoms. The molecule has 0 unspecified atom stereocenters. The first kappa shape index (κ1) is 5.22. The Morgan fingerprint density at radius 1 is 1.40 bits per heavy atom. The summed E-state index contributed by atoms with van der Waals surface area (Å²) in [6, 6.07) is 1.74. The number of rotatable bonds is 0. The minimum atomic E-state index is -0.192. The van der Waals surface area contributed by atoms with Crippen LogP contribution in [0.5, 0.6) is 0 Å². The molecular formula is C6H9N3O. The number of nitrogens with one attached hydrogen (secondary N) is 2. The van der Waals surface area contributed by atoms with Crippen molar-refractivity contribution in [1.29, 1.82) is 0 Å². The predicted octanol–water partition coefficient (Wildman–Crippen LogP) is 0.743. The zero-order valence-corrected chi connectivity index (χ0v) is 5.09. The third-order valence-corrected chi connectivity index (χ3v) is 1.32. The third kappa shape index (κ3) is 0.621. The zero-order chi connectivity index (χ0) is 6.97. The summed E-state index contributed by atoms with van der Waals surface area (Å²) in [6.07, 6.45) is 3.24. The Kier molecular flexibility index (Phi) is 0.887. The molecule has 0 aliphatic heterocycles. The Labute approximate surface area is 58.9 Å². The van der Waals surface area contributed by atoms with E-state index >= 15 is 0 Å². The SMILES string of the molecule is O=c1[nH]c2ccncc2[nH]1.[HH].[HH]. The summed E-state index contributed by atoms with van der Waals surface area (Å²) in [5.74, 6) is 0.